The van der Waals surface area contributed by atoms with Crippen LogP contribution in [0.2, 0.25) is 15.1 Å². The van der Waals surface area contributed by atoms with Crippen molar-refractivity contribution in [3.05, 3.63) is 87.6 Å². The lowest BCUT2D eigenvalue weighted by molar-refractivity contribution is 0.602. The zero-order valence-corrected chi connectivity index (χ0v) is 21.5. The average Bonchev–Trinajstić information content (AvgIpc) is 3.49. The van der Waals surface area contributed by atoms with Gasteiger partial charge >= 0.3 is 0 Å². The normalized spacial score (nSPS) is 13.5. The lowest BCUT2D eigenvalue weighted by Crippen LogP contribution is -2.19. The SMILES string of the molecule is CS(=O)(=O)c1cccc(-c2ccc(-n3cc(C4=NCCN4)nc3-c3c(Cl)cccc3Cl)c(Cl)c2)c1. The van der Waals surface area contributed by atoms with Crippen molar-refractivity contribution < 1.29 is 8.42 Å². The lowest BCUT2D eigenvalue weighted by atomic mass is 10.1. The number of hydrogen-bond acceptors (Lipinski definition) is 5. The van der Waals surface area contributed by atoms with Gasteiger partial charge in [0.1, 0.15) is 17.4 Å². The van der Waals surface area contributed by atoms with E-state index in [4.69, 9.17) is 39.8 Å². The molecule has 0 saturated carbocycles. The van der Waals surface area contributed by atoms with Crippen molar-refractivity contribution in [1.29, 1.82) is 0 Å². The van der Waals surface area contributed by atoms with Gasteiger partial charge in [-0.2, -0.15) is 0 Å². The van der Waals surface area contributed by atoms with Crippen LogP contribution in [-0.4, -0.2) is 43.1 Å². The molecule has 5 rings (SSSR count). The van der Waals surface area contributed by atoms with Crippen LogP contribution in [0.4, 0.5) is 0 Å². The first kappa shape index (κ1) is 23.9. The number of sulfone groups is 1. The maximum absolute atomic E-state index is 12.0. The summed E-state index contributed by atoms with van der Waals surface area (Å²) in [5.74, 6) is 1.22. The Kier molecular flexibility index (Phi) is 6.36. The lowest BCUT2D eigenvalue weighted by Gasteiger charge is -2.13. The van der Waals surface area contributed by atoms with Crippen molar-refractivity contribution in [3.63, 3.8) is 0 Å². The smallest absolute Gasteiger partial charge is 0.175 e. The number of nitrogens with one attached hydrogen (secondary N) is 1. The van der Waals surface area contributed by atoms with Gasteiger partial charge in [0.25, 0.3) is 0 Å². The van der Waals surface area contributed by atoms with Crippen LogP contribution in [0.1, 0.15) is 5.69 Å². The number of benzene rings is 3. The highest BCUT2D eigenvalue weighted by Gasteiger charge is 2.22. The van der Waals surface area contributed by atoms with Gasteiger partial charge in [0.05, 0.1) is 37.8 Å². The summed E-state index contributed by atoms with van der Waals surface area (Å²) in [6.07, 6.45) is 3.03. The van der Waals surface area contributed by atoms with Crippen molar-refractivity contribution in [3.8, 4) is 28.2 Å². The van der Waals surface area contributed by atoms with Crippen molar-refractivity contribution >= 4 is 50.5 Å². The largest absolute Gasteiger partial charge is 0.367 e. The van der Waals surface area contributed by atoms with Crippen LogP contribution in [-0.2, 0) is 9.84 Å². The van der Waals surface area contributed by atoms with Crippen molar-refractivity contribution in [2.45, 2.75) is 4.90 Å². The molecule has 0 unspecified atom stereocenters. The van der Waals surface area contributed by atoms with Crippen LogP contribution in [0.25, 0.3) is 28.2 Å². The molecule has 1 aromatic heterocycles. The van der Waals surface area contributed by atoms with Gasteiger partial charge in [0.2, 0.25) is 0 Å². The summed E-state index contributed by atoms with van der Waals surface area (Å²) in [4.78, 5) is 9.52. The Hall–Kier alpha value is -2.84. The number of hydrogen-bond donors (Lipinski definition) is 1. The van der Waals surface area contributed by atoms with Gasteiger partial charge in [-0.1, -0.05) is 59.1 Å². The summed E-state index contributed by atoms with van der Waals surface area (Å²) >= 11 is 19.8. The topological polar surface area (TPSA) is 76.3 Å². The maximum atomic E-state index is 12.0. The first-order valence-corrected chi connectivity index (χ1v) is 13.7. The summed E-state index contributed by atoms with van der Waals surface area (Å²) in [6.45, 7) is 1.42. The second-order valence-corrected chi connectivity index (χ2v) is 11.3. The third-order valence-corrected chi connectivity index (χ3v) is 7.65. The predicted molar refractivity (Wildman–Crippen MR) is 142 cm³/mol. The monoisotopic (exact) mass is 544 g/mol. The molecule has 1 aliphatic heterocycles. The van der Waals surface area contributed by atoms with Gasteiger partial charge in [0.15, 0.2) is 9.84 Å². The number of aliphatic imine (C=N–C) groups is 1. The molecule has 0 atom stereocenters. The van der Waals surface area contributed by atoms with Crippen molar-refractivity contribution in [2.75, 3.05) is 19.3 Å². The highest BCUT2D eigenvalue weighted by atomic mass is 35.5. The Morgan fingerprint density at radius 1 is 0.914 bits per heavy atom. The quantitative estimate of drug-likeness (QED) is 0.338. The third-order valence-electron chi connectivity index (χ3n) is 5.61. The number of nitrogens with zero attached hydrogens (tertiary/aromatic N) is 3. The number of halogens is 3. The minimum Gasteiger partial charge on any atom is -0.367 e. The second-order valence-electron chi connectivity index (χ2n) is 8.04. The van der Waals surface area contributed by atoms with E-state index in [1.165, 1.54) is 6.26 Å². The highest BCUT2D eigenvalue weighted by molar-refractivity contribution is 7.90. The molecule has 1 aliphatic rings. The van der Waals surface area contributed by atoms with Gasteiger partial charge in [-0.15, -0.1) is 0 Å². The van der Waals surface area contributed by atoms with Crippen LogP contribution in [0.15, 0.2) is 76.7 Å². The summed E-state index contributed by atoms with van der Waals surface area (Å²) in [6, 6.07) is 17.6. The standard InChI is InChI=1S/C25H19Cl3N4O2S/c1-35(33,34)17-5-2-4-15(12-17)16-8-9-22(20(28)13-16)32-14-21(24-29-10-11-30-24)31-25(32)23-18(26)6-3-7-19(23)27/h2-9,12-14H,10-11H2,1H3,(H,29,30). The van der Waals surface area contributed by atoms with E-state index in [0.717, 1.165) is 17.7 Å². The zero-order chi connectivity index (χ0) is 24.7. The Balaban J connectivity index is 1.65. The Morgan fingerprint density at radius 3 is 2.29 bits per heavy atom. The maximum Gasteiger partial charge on any atom is 0.175 e. The van der Waals surface area contributed by atoms with E-state index in [0.29, 0.717) is 50.2 Å². The van der Waals surface area contributed by atoms with Gasteiger partial charge in [0, 0.05) is 19.0 Å². The molecule has 0 fully saturated rings. The Morgan fingerprint density at radius 2 is 1.63 bits per heavy atom. The minimum absolute atomic E-state index is 0.245. The molecule has 0 radical (unpaired) electrons. The summed E-state index contributed by atoms with van der Waals surface area (Å²) in [5, 5.41) is 4.60. The Labute approximate surface area is 218 Å². The predicted octanol–water partition coefficient (Wildman–Crippen LogP) is 5.92. The average molecular weight is 546 g/mol. The van der Waals surface area contributed by atoms with E-state index < -0.39 is 9.84 Å². The molecule has 1 N–H and O–H groups in total. The van der Waals surface area contributed by atoms with Gasteiger partial charge in [-0.25, -0.2) is 13.4 Å². The number of amidine groups is 1. The Bertz CT molecular complexity index is 1580. The third kappa shape index (κ3) is 4.69. The van der Waals surface area contributed by atoms with E-state index in [1.54, 1.807) is 42.5 Å². The molecule has 0 amide bonds. The molecule has 0 aliphatic carbocycles. The molecule has 10 heteroatoms. The fraction of sp³-hybridized carbons (Fsp3) is 0.120. The molecular formula is C25H19Cl3N4O2S. The molecule has 35 heavy (non-hydrogen) atoms. The second kappa shape index (κ2) is 9.32. The summed E-state index contributed by atoms with van der Waals surface area (Å²) in [5.41, 5.74) is 3.42. The van der Waals surface area contributed by atoms with Gasteiger partial charge < -0.3 is 5.32 Å². The summed E-state index contributed by atoms with van der Waals surface area (Å²) in [7, 11) is -3.33. The molecule has 0 spiro atoms. The van der Waals surface area contributed by atoms with E-state index in [2.05, 4.69) is 10.3 Å². The van der Waals surface area contributed by atoms with Crippen LogP contribution < -0.4 is 5.32 Å². The van der Waals surface area contributed by atoms with Crippen LogP contribution >= 0.6 is 34.8 Å². The fourth-order valence-electron chi connectivity index (χ4n) is 3.92. The highest BCUT2D eigenvalue weighted by Crippen LogP contribution is 2.37. The molecule has 6 nitrogen and oxygen atoms in total. The first-order chi connectivity index (χ1) is 16.7. The molecule has 0 saturated heterocycles. The van der Waals surface area contributed by atoms with Crippen LogP contribution in [0, 0.1) is 0 Å². The van der Waals surface area contributed by atoms with E-state index in [-0.39, 0.29) is 4.90 Å². The zero-order valence-electron chi connectivity index (χ0n) is 18.5. The molecular weight excluding hydrogens is 527 g/mol. The summed E-state index contributed by atoms with van der Waals surface area (Å²) < 4.78 is 25.8. The minimum atomic E-state index is -3.33. The van der Waals surface area contributed by atoms with Crippen LogP contribution in [0.5, 0.6) is 0 Å². The van der Waals surface area contributed by atoms with Crippen molar-refractivity contribution in [1.82, 2.24) is 14.9 Å². The number of aromatic nitrogens is 2. The number of imidazole rings is 1. The fourth-order valence-corrected chi connectivity index (χ4v) is 5.43. The molecule has 0 bridgehead atoms. The molecule has 2 heterocycles. The van der Waals surface area contributed by atoms with Gasteiger partial charge in [-0.05, 0) is 47.5 Å². The van der Waals surface area contributed by atoms with E-state index in [9.17, 15) is 8.42 Å². The molecule has 4 aromatic rings. The van der Waals surface area contributed by atoms with E-state index >= 15 is 0 Å². The molecule has 3 aromatic carbocycles. The first-order valence-electron chi connectivity index (χ1n) is 10.7. The van der Waals surface area contributed by atoms with Gasteiger partial charge in [-0.3, -0.25) is 9.56 Å². The van der Waals surface area contributed by atoms with Crippen LogP contribution in [0.3, 0.4) is 0 Å². The number of rotatable bonds is 5. The van der Waals surface area contributed by atoms with E-state index in [1.807, 2.05) is 29.0 Å². The van der Waals surface area contributed by atoms with Crippen molar-refractivity contribution in [2.24, 2.45) is 4.99 Å². The molecule has 178 valence electrons.